The molecule has 0 aliphatic carbocycles. The van der Waals surface area contributed by atoms with E-state index in [1.807, 2.05) is 25.2 Å². The fraction of sp³-hybridized carbons (Fsp3) is 0.211. The van der Waals surface area contributed by atoms with Crippen molar-refractivity contribution in [2.24, 2.45) is 0 Å². The fourth-order valence-corrected chi connectivity index (χ4v) is 2.17. The molecule has 0 radical (unpaired) electrons. The minimum Gasteiger partial charge on any atom is -0.375 e. The van der Waals surface area contributed by atoms with E-state index >= 15 is 0 Å². The van der Waals surface area contributed by atoms with Crippen LogP contribution in [0.5, 0.6) is 0 Å². The Balaban J connectivity index is 1.70. The van der Waals surface area contributed by atoms with E-state index in [0.29, 0.717) is 12.1 Å². The Morgan fingerprint density at radius 2 is 1.83 bits per heavy atom. The first-order valence-electron chi connectivity index (χ1n) is 7.63. The van der Waals surface area contributed by atoms with Crippen LogP contribution in [0.2, 0.25) is 0 Å². The Bertz CT molecular complexity index is 655. The number of hydrogen-bond donors (Lipinski definition) is 1. The molecule has 0 aliphatic heterocycles. The lowest BCUT2D eigenvalue weighted by molar-refractivity contribution is -0.116. The largest absolute Gasteiger partial charge is 0.375 e. The molecule has 120 valence electrons. The maximum atomic E-state index is 13.4. The van der Waals surface area contributed by atoms with E-state index in [0.717, 1.165) is 18.7 Å². The van der Waals surface area contributed by atoms with Crippen LogP contribution in [-0.2, 0) is 4.79 Å². The number of benzene rings is 2. The number of para-hydroxylation sites is 1. The topological polar surface area (TPSA) is 32.3 Å². The maximum Gasteiger partial charge on any atom is 0.244 e. The molecule has 0 saturated carbocycles. The predicted octanol–water partition coefficient (Wildman–Crippen LogP) is 3.48. The highest BCUT2D eigenvalue weighted by Crippen LogP contribution is 2.10. The van der Waals surface area contributed by atoms with Gasteiger partial charge in [0.15, 0.2) is 0 Å². The number of carbonyl (C=O) groups excluding carboxylic acids is 1. The van der Waals surface area contributed by atoms with Crippen molar-refractivity contribution in [3.05, 3.63) is 72.1 Å². The van der Waals surface area contributed by atoms with Crippen LogP contribution >= 0.6 is 0 Å². The standard InChI is InChI=1S/C19H21FN2O/c1-22(17-9-3-2-4-10-17)15-7-14-21-19(23)13-12-16-8-5-6-11-18(16)20/h2-6,8-13H,7,14-15H2,1H3,(H,21,23)/b13-12+. The normalized spacial score (nSPS) is 10.7. The zero-order chi connectivity index (χ0) is 16.5. The molecule has 1 amide bonds. The number of anilines is 1. The number of carbonyl (C=O) groups is 1. The van der Waals surface area contributed by atoms with Crippen molar-refractivity contribution in [3.63, 3.8) is 0 Å². The Morgan fingerprint density at radius 3 is 2.57 bits per heavy atom. The number of rotatable bonds is 7. The van der Waals surface area contributed by atoms with Crippen molar-refractivity contribution >= 4 is 17.7 Å². The summed E-state index contributed by atoms with van der Waals surface area (Å²) >= 11 is 0. The summed E-state index contributed by atoms with van der Waals surface area (Å²) in [5, 5.41) is 2.80. The maximum absolute atomic E-state index is 13.4. The Morgan fingerprint density at radius 1 is 1.13 bits per heavy atom. The first kappa shape index (κ1) is 16.7. The molecule has 2 aromatic rings. The van der Waals surface area contributed by atoms with Gasteiger partial charge in [0.05, 0.1) is 0 Å². The highest BCUT2D eigenvalue weighted by molar-refractivity contribution is 5.91. The van der Waals surface area contributed by atoms with Crippen molar-refractivity contribution in [1.29, 1.82) is 0 Å². The molecule has 23 heavy (non-hydrogen) atoms. The summed E-state index contributed by atoms with van der Waals surface area (Å²) in [6, 6.07) is 16.5. The van der Waals surface area contributed by atoms with E-state index < -0.39 is 0 Å². The molecule has 0 fully saturated rings. The molecule has 0 aliphatic rings. The molecule has 2 aromatic carbocycles. The lowest BCUT2D eigenvalue weighted by atomic mass is 10.2. The summed E-state index contributed by atoms with van der Waals surface area (Å²) in [7, 11) is 2.02. The molecule has 0 unspecified atom stereocenters. The monoisotopic (exact) mass is 312 g/mol. The van der Waals surface area contributed by atoms with Crippen LogP contribution < -0.4 is 10.2 Å². The van der Waals surface area contributed by atoms with Crippen LogP contribution in [0.3, 0.4) is 0 Å². The average molecular weight is 312 g/mol. The van der Waals surface area contributed by atoms with Gasteiger partial charge < -0.3 is 10.2 Å². The third-order valence-corrected chi connectivity index (χ3v) is 3.49. The quantitative estimate of drug-likeness (QED) is 0.627. The summed E-state index contributed by atoms with van der Waals surface area (Å²) in [6.45, 7) is 1.43. The van der Waals surface area contributed by atoms with Gasteiger partial charge >= 0.3 is 0 Å². The Hall–Kier alpha value is -2.62. The summed E-state index contributed by atoms with van der Waals surface area (Å²) in [5.74, 6) is -0.545. The third-order valence-electron chi connectivity index (χ3n) is 3.49. The number of halogens is 1. The third kappa shape index (κ3) is 5.58. The van der Waals surface area contributed by atoms with Gasteiger partial charge in [0.1, 0.15) is 5.82 Å². The smallest absolute Gasteiger partial charge is 0.244 e. The molecule has 2 rings (SSSR count). The van der Waals surface area contributed by atoms with E-state index in [-0.39, 0.29) is 11.7 Å². The second-order valence-electron chi connectivity index (χ2n) is 5.26. The number of nitrogens with zero attached hydrogens (tertiary/aromatic N) is 1. The molecule has 0 aromatic heterocycles. The molecular formula is C19H21FN2O. The van der Waals surface area contributed by atoms with Crippen molar-refractivity contribution in [2.45, 2.75) is 6.42 Å². The minimum atomic E-state index is -0.332. The van der Waals surface area contributed by atoms with Crippen molar-refractivity contribution in [1.82, 2.24) is 5.32 Å². The van der Waals surface area contributed by atoms with Gasteiger partial charge in [-0.15, -0.1) is 0 Å². The van der Waals surface area contributed by atoms with Crippen LogP contribution in [0.25, 0.3) is 6.08 Å². The number of nitrogens with one attached hydrogen (secondary N) is 1. The van der Waals surface area contributed by atoms with E-state index in [4.69, 9.17) is 0 Å². The number of amides is 1. The zero-order valence-electron chi connectivity index (χ0n) is 13.2. The van der Waals surface area contributed by atoms with Crippen molar-refractivity contribution in [3.8, 4) is 0 Å². The average Bonchev–Trinajstić information content (AvgIpc) is 2.58. The van der Waals surface area contributed by atoms with Gasteiger partial charge in [-0.25, -0.2) is 4.39 Å². The van der Waals surface area contributed by atoms with Crippen LogP contribution in [0, 0.1) is 5.82 Å². The van der Waals surface area contributed by atoms with Gasteiger partial charge in [-0.2, -0.15) is 0 Å². The van der Waals surface area contributed by atoms with E-state index in [2.05, 4.69) is 22.3 Å². The molecule has 0 saturated heterocycles. The second kappa shape index (κ2) is 8.73. The van der Waals surface area contributed by atoms with Gasteiger partial charge in [-0.3, -0.25) is 4.79 Å². The summed E-state index contributed by atoms with van der Waals surface area (Å²) in [4.78, 5) is 13.8. The Labute approximate surface area is 136 Å². The van der Waals surface area contributed by atoms with E-state index in [9.17, 15) is 9.18 Å². The molecule has 1 N–H and O–H groups in total. The van der Waals surface area contributed by atoms with Crippen LogP contribution in [0.15, 0.2) is 60.7 Å². The lowest BCUT2D eigenvalue weighted by Crippen LogP contribution is -2.26. The second-order valence-corrected chi connectivity index (χ2v) is 5.26. The van der Waals surface area contributed by atoms with Crippen molar-refractivity contribution in [2.75, 3.05) is 25.0 Å². The molecule has 0 bridgehead atoms. The summed E-state index contributed by atoms with van der Waals surface area (Å²) in [5.41, 5.74) is 1.56. The zero-order valence-corrected chi connectivity index (χ0v) is 13.2. The highest BCUT2D eigenvalue weighted by atomic mass is 19.1. The van der Waals surface area contributed by atoms with Gasteiger partial charge in [-0.05, 0) is 30.7 Å². The highest BCUT2D eigenvalue weighted by Gasteiger charge is 2.01. The van der Waals surface area contributed by atoms with Gasteiger partial charge in [0.25, 0.3) is 0 Å². The van der Waals surface area contributed by atoms with E-state index in [1.165, 1.54) is 18.2 Å². The first-order chi connectivity index (χ1) is 11.2. The SMILES string of the molecule is CN(CCCNC(=O)/C=C/c1ccccc1F)c1ccccc1. The Kier molecular flexibility index (Phi) is 6.36. The van der Waals surface area contributed by atoms with Crippen LogP contribution in [0.4, 0.5) is 10.1 Å². The van der Waals surface area contributed by atoms with Gasteiger partial charge in [0.2, 0.25) is 5.91 Å². The van der Waals surface area contributed by atoms with Crippen LogP contribution in [0.1, 0.15) is 12.0 Å². The fourth-order valence-electron chi connectivity index (χ4n) is 2.17. The molecule has 0 atom stereocenters. The molecule has 4 heteroatoms. The van der Waals surface area contributed by atoms with E-state index in [1.54, 1.807) is 18.2 Å². The van der Waals surface area contributed by atoms with Crippen molar-refractivity contribution < 1.29 is 9.18 Å². The molecular weight excluding hydrogens is 291 g/mol. The molecule has 3 nitrogen and oxygen atoms in total. The predicted molar refractivity (Wildman–Crippen MR) is 92.8 cm³/mol. The summed E-state index contributed by atoms with van der Waals surface area (Å²) < 4.78 is 13.4. The summed E-state index contributed by atoms with van der Waals surface area (Å²) in [6.07, 6.45) is 3.69. The number of hydrogen-bond acceptors (Lipinski definition) is 2. The first-order valence-corrected chi connectivity index (χ1v) is 7.63. The van der Waals surface area contributed by atoms with Gasteiger partial charge in [-0.1, -0.05) is 36.4 Å². The minimum absolute atomic E-state index is 0.212. The van der Waals surface area contributed by atoms with Gasteiger partial charge in [0, 0.05) is 37.5 Å². The lowest BCUT2D eigenvalue weighted by Gasteiger charge is -2.19. The molecule has 0 heterocycles. The molecule has 0 spiro atoms. The van der Waals surface area contributed by atoms with Crippen LogP contribution in [-0.4, -0.2) is 26.0 Å².